The zero-order valence-corrected chi connectivity index (χ0v) is 35.2. The van der Waals surface area contributed by atoms with E-state index in [-0.39, 0.29) is 47.8 Å². The van der Waals surface area contributed by atoms with E-state index < -0.39 is 0 Å². The van der Waals surface area contributed by atoms with Gasteiger partial charge in [0.2, 0.25) is 5.91 Å². The Morgan fingerprint density at radius 2 is 1.47 bits per heavy atom. The van der Waals surface area contributed by atoms with E-state index in [2.05, 4.69) is 30.1 Å². The van der Waals surface area contributed by atoms with Gasteiger partial charge >= 0.3 is 0 Å². The zero-order chi connectivity index (χ0) is 41.7. The fourth-order valence-electron chi connectivity index (χ4n) is 8.87. The van der Waals surface area contributed by atoms with Gasteiger partial charge in [0, 0.05) is 58.5 Å². The van der Waals surface area contributed by atoms with Gasteiger partial charge in [-0.2, -0.15) is 12.6 Å². The molecule has 4 aliphatic rings. The Bertz CT molecular complexity index is 2580. The normalized spacial score (nSPS) is 17.4. The second kappa shape index (κ2) is 15.8. The number of fused-ring (bicyclic) bond motifs is 8. The summed E-state index contributed by atoms with van der Waals surface area (Å²) in [7, 11) is 1.58. The highest BCUT2D eigenvalue weighted by atomic mass is 32.1. The van der Waals surface area contributed by atoms with E-state index in [0.29, 0.717) is 52.6 Å². The van der Waals surface area contributed by atoms with Gasteiger partial charge in [0.05, 0.1) is 24.4 Å². The minimum atomic E-state index is -0.286. The van der Waals surface area contributed by atoms with Crippen LogP contribution in [0.5, 0.6) is 17.2 Å². The number of carbonyl (C=O) groups is 3. The lowest BCUT2D eigenvalue weighted by atomic mass is 9.99. The van der Waals surface area contributed by atoms with Crippen molar-refractivity contribution in [3.63, 3.8) is 0 Å². The number of hydrogen-bond acceptors (Lipinski definition) is 8. The van der Waals surface area contributed by atoms with Crippen molar-refractivity contribution >= 4 is 59.3 Å². The van der Waals surface area contributed by atoms with Crippen LogP contribution in [0.15, 0.2) is 96.0 Å². The highest BCUT2D eigenvalue weighted by molar-refractivity contribution is 7.81. The molecule has 5 aromatic rings. The number of amides is 3. The number of nitrogens with one attached hydrogen (secondary N) is 1. The minimum Gasteiger partial charge on any atom is -0.493 e. The highest BCUT2D eigenvalue weighted by Crippen LogP contribution is 2.42. The number of hydrogen-bond donors (Lipinski definition) is 2. The average molecular weight is 821 g/mol. The average Bonchev–Trinajstić information content (AvgIpc) is 3.72. The number of thiol groups is 1. The molecule has 4 aliphatic heterocycles. The Balaban J connectivity index is 0.958. The molecule has 0 radical (unpaired) electrons. The summed E-state index contributed by atoms with van der Waals surface area (Å²) in [5, 5.41) is 3.07. The Morgan fingerprint density at radius 1 is 0.800 bits per heavy atom. The smallest absolute Gasteiger partial charge is 0.261 e. The third-order valence-electron chi connectivity index (χ3n) is 11.9. The summed E-state index contributed by atoms with van der Waals surface area (Å²) in [6.45, 7) is 6.25. The Morgan fingerprint density at radius 3 is 2.18 bits per heavy atom. The number of aliphatic imine (C=N–C) groups is 1. The molecule has 9 rings (SSSR count). The maximum Gasteiger partial charge on any atom is 0.261 e. The third-order valence-corrected chi connectivity index (χ3v) is 12.1. The number of nitrogens with zero attached hydrogens (tertiary/aromatic N) is 3. The first-order valence-electron chi connectivity index (χ1n) is 20.6. The van der Waals surface area contributed by atoms with Crippen molar-refractivity contribution in [1.82, 2.24) is 0 Å². The molecule has 0 aliphatic carbocycles. The van der Waals surface area contributed by atoms with Gasteiger partial charge in [-0.05, 0) is 115 Å². The van der Waals surface area contributed by atoms with Gasteiger partial charge in [0.25, 0.3) is 11.8 Å². The van der Waals surface area contributed by atoms with Gasteiger partial charge in [-0.25, -0.2) is 0 Å². The molecule has 306 valence electrons. The molecule has 0 bridgehead atoms. The number of rotatable bonds is 11. The van der Waals surface area contributed by atoms with E-state index in [1.54, 1.807) is 13.2 Å². The Hall–Kier alpha value is -6.07. The summed E-state index contributed by atoms with van der Waals surface area (Å²) in [5.74, 6) is 1.40. The molecule has 2 atom stereocenters. The van der Waals surface area contributed by atoms with Crippen molar-refractivity contribution in [3.05, 3.63) is 136 Å². The third kappa shape index (κ3) is 7.74. The maximum atomic E-state index is 14.0. The van der Waals surface area contributed by atoms with Crippen molar-refractivity contribution in [2.45, 2.75) is 89.3 Å². The number of ether oxygens (including phenoxy) is 3. The molecule has 10 nitrogen and oxygen atoms in total. The van der Waals surface area contributed by atoms with Crippen LogP contribution < -0.4 is 29.3 Å². The number of anilines is 3. The van der Waals surface area contributed by atoms with Crippen LogP contribution in [0.25, 0.3) is 0 Å². The lowest BCUT2D eigenvalue weighted by Crippen LogP contribution is -2.37. The molecule has 5 aromatic carbocycles. The topological polar surface area (TPSA) is 110 Å². The summed E-state index contributed by atoms with van der Waals surface area (Å²) in [5.41, 5.74) is 9.94. The molecule has 0 spiro atoms. The number of methoxy groups -OCH3 is 1. The van der Waals surface area contributed by atoms with E-state index >= 15 is 0 Å². The number of aryl methyl sites for hydroxylation is 2. The molecule has 0 unspecified atom stereocenters. The van der Waals surface area contributed by atoms with Crippen molar-refractivity contribution in [2.24, 2.45) is 4.99 Å². The number of carbonyl (C=O) groups excluding carboxylic acids is 3. The van der Waals surface area contributed by atoms with Crippen LogP contribution in [0.2, 0.25) is 0 Å². The van der Waals surface area contributed by atoms with E-state index in [1.165, 1.54) is 5.56 Å². The monoisotopic (exact) mass is 820 g/mol. The molecule has 11 heteroatoms. The molecular formula is C49H48N4O6S. The van der Waals surface area contributed by atoms with E-state index in [0.717, 1.165) is 64.9 Å². The molecule has 0 saturated heterocycles. The van der Waals surface area contributed by atoms with E-state index in [9.17, 15) is 14.4 Å². The lowest BCUT2D eigenvalue weighted by Gasteiger charge is -2.23. The molecule has 0 fully saturated rings. The van der Waals surface area contributed by atoms with Crippen LogP contribution in [0, 0.1) is 6.92 Å². The quantitative estimate of drug-likeness (QED) is 0.129. The highest BCUT2D eigenvalue weighted by Gasteiger charge is 2.38. The van der Waals surface area contributed by atoms with Crippen LogP contribution >= 0.6 is 12.6 Å². The molecule has 3 amide bonds. The summed E-state index contributed by atoms with van der Waals surface area (Å²) in [6, 6.07) is 29.3. The lowest BCUT2D eigenvalue weighted by molar-refractivity contribution is -0.116. The molecule has 60 heavy (non-hydrogen) atoms. The van der Waals surface area contributed by atoms with Gasteiger partial charge in [-0.15, -0.1) is 0 Å². The largest absolute Gasteiger partial charge is 0.493 e. The van der Waals surface area contributed by atoms with E-state index in [4.69, 9.17) is 19.2 Å². The number of benzene rings is 5. The van der Waals surface area contributed by atoms with Crippen LogP contribution in [-0.2, 0) is 37.3 Å². The molecule has 1 N–H and O–H groups in total. The fraction of sp³-hybridized carbons (Fsp3) is 0.306. The zero-order valence-electron chi connectivity index (χ0n) is 34.3. The number of para-hydroxylation sites is 2. The second-order valence-electron chi connectivity index (χ2n) is 16.8. The summed E-state index contributed by atoms with van der Waals surface area (Å²) in [6.07, 6.45) is 5.92. The molecule has 0 aromatic heterocycles. The minimum absolute atomic E-state index is 0.0223. The predicted molar refractivity (Wildman–Crippen MR) is 238 cm³/mol. The van der Waals surface area contributed by atoms with Crippen LogP contribution in [0.3, 0.4) is 0 Å². The second-order valence-corrected chi connectivity index (χ2v) is 18.0. The summed E-state index contributed by atoms with van der Waals surface area (Å²) >= 11 is 4.60. The molecular weight excluding hydrogens is 773 g/mol. The van der Waals surface area contributed by atoms with Crippen LogP contribution in [0.4, 0.5) is 22.7 Å². The standard InChI is InChI=1S/C49H48N4O6S/c1-29-17-39-40(50-26-37-22-34-10-6-8-12-42(34)53(37)48(39)56)25-43(29)58-27-30-18-31(20-35(19-30)51-46(54)15-16-49(2,3)60)28-59-45-23-32-13-14-36-21-33-9-5-7-11-41(33)52(36)47(55)38(32)24-44(45)57-4/h5-12,17-20,23-26,36-37,60H,13-16,21-22,27-28H2,1-4H3,(H,51,54)/t36-,37+/m1/s1. The van der Waals surface area contributed by atoms with Gasteiger partial charge in [-0.3, -0.25) is 24.3 Å². The molecule has 0 saturated carbocycles. The predicted octanol–water partition coefficient (Wildman–Crippen LogP) is 9.39. The first kappa shape index (κ1) is 39.4. The van der Waals surface area contributed by atoms with Crippen LogP contribution in [-0.4, -0.2) is 47.9 Å². The first-order valence-corrected chi connectivity index (χ1v) is 21.0. The van der Waals surface area contributed by atoms with Crippen molar-refractivity contribution in [3.8, 4) is 17.2 Å². The van der Waals surface area contributed by atoms with Gasteiger partial charge < -0.3 is 24.4 Å². The van der Waals surface area contributed by atoms with Crippen molar-refractivity contribution in [2.75, 3.05) is 22.2 Å². The molecule has 4 heterocycles. The maximum absolute atomic E-state index is 14.0. The fourth-order valence-corrected chi connectivity index (χ4v) is 8.98. The Kier molecular flexibility index (Phi) is 10.4. The van der Waals surface area contributed by atoms with Gasteiger partial charge in [-0.1, -0.05) is 50.2 Å². The van der Waals surface area contributed by atoms with E-state index in [1.807, 2.05) is 110 Å². The van der Waals surface area contributed by atoms with Crippen molar-refractivity contribution in [1.29, 1.82) is 0 Å². The van der Waals surface area contributed by atoms with Gasteiger partial charge in [0.15, 0.2) is 11.5 Å². The summed E-state index contributed by atoms with van der Waals surface area (Å²) < 4.78 is 18.4. The van der Waals surface area contributed by atoms with Gasteiger partial charge in [0.1, 0.15) is 19.0 Å². The summed E-state index contributed by atoms with van der Waals surface area (Å²) in [4.78, 5) is 49.6. The Labute approximate surface area is 356 Å². The first-order chi connectivity index (χ1) is 28.9. The SMILES string of the molecule is COc1cc2c(cc1OCc1cc(COc3cc4c(cc3C)C(=O)N3c5ccccc5C[C@H]3C=N4)cc(NC(=O)CCC(C)(C)S)c1)CC[C@@H]1Cc3ccccc3N1C2=O. The van der Waals surface area contributed by atoms with Crippen molar-refractivity contribution < 1.29 is 28.6 Å². The van der Waals surface area contributed by atoms with Crippen LogP contribution in [0.1, 0.15) is 87.2 Å².